The van der Waals surface area contributed by atoms with E-state index in [9.17, 15) is 19.0 Å². The second-order valence-electron chi connectivity index (χ2n) is 20.4. The molecule has 0 N–H and O–H groups in total. The highest BCUT2D eigenvalue weighted by molar-refractivity contribution is 7.45. The molecule has 64 heavy (non-hydrogen) atoms. The Morgan fingerprint density at radius 3 is 1.19 bits per heavy atom. The Morgan fingerprint density at radius 2 is 0.812 bits per heavy atom. The smallest absolute Gasteiger partial charge is 0.306 e. The molecule has 0 aromatic heterocycles. The first-order chi connectivity index (χ1) is 30.9. The van der Waals surface area contributed by atoms with Crippen LogP contribution in [0.1, 0.15) is 278 Å². The van der Waals surface area contributed by atoms with Crippen molar-refractivity contribution in [1.82, 2.24) is 0 Å². The number of carbonyl (C=O) groups is 2. The lowest BCUT2D eigenvalue weighted by Gasteiger charge is -2.28. The van der Waals surface area contributed by atoms with Crippen LogP contribution in [0, 0.1) is 5.92 Å². The lowest BCUT2D eigenvalue weighted by molar-refractivity contribution is -0.870. The Bertz CT molecular complexity index is 1070. The van der Waals surface area contributed by atoms with Gasteiger partial charge in [0.05, 0.1) is 27.7 Å². The van der Waals surface area contributed by atoms with Gasteiger partial charge in [-0.15, -0.1) is 0 Å². The van der Waals surface area contributed by atoms with Crippen LogP contribution >= 0.6 is 7.82 Å². The summed E-state index contributed by atoms with van der Waals surface area (Å²) in [4.78, 5) is 38.7. The molecule has 10 heteroatoms. The molecule has 0 heterocycles. The zero-order chi connectivity index (χ0) is 47.3. The van der Waals surface area contributed by atoms with Crippen molar-refractivity contribution >= 4 is 19.8 Å². The van der Waals surface area contributed by atoms with Gasteiger partial charge >= 0.3 is 11.9 Å². The quantitative estimate of drug-likeness (QED) is 0.0257. The zero-order valence-corrected chi connectivity index (χ0v) is 44.3. The fraction of sp³-hybridized carbons (Fsp3) is 0.963. The van der Waals surface area contributed by atoms with Crippen molar-refractivity contribution in [2.45, 2.75) is 284 Å². The monoisotopic (exact) mass is 930 g/mol. The number of ether oxygens (including phenoxy) is 2. The third kappa shape index (κ3) is 47.5. The molecule has 0 fully saturated rings. The number of unbranched alkanes of at least 4 members (excludes halogenated alkanes) is 32. The molecule has 0 bridgehead atoms. The molecule has 2 unspecified atom stereocenters. The highest BCUT2D eigenvalue weighted by Crippen LogP contribution is 2.38. The van der Waals surface area contributed by atoms with Gasteiger partial charge in [-0.05, 0) is 18.8 Å². The molecule has 9 nitrogen and oxygen atoms in total. The van der Waals surface area contributed by atoms with Gasteiger partial charge in [-0.2, -0.15) is 0 Å². The van der Waals surface area contributed by atoms with Crippen LogP contribution in [0.15, 0.2) is 0 Å². The summed E-state index contributed by atoms with van der Waals surface area (Å²) in [5.74, 6) is -0.291. The summed E-state index contributed by atoms with van der Waals surface area (Å²) >= 11 is 0. The molecule has 0 aromatic carbocycles. The normalized spacial score (nSPS) is 13.8. The molecule has 382 valence electrons. The summed E-state index contributed by atoms with van der Waals surface area (Å²) < 4.78 is 34.7. The lowest BCUT2D eigenvalue weighted by Crippen LogP contribution is -2.37. The maximum atomic E-state index is 13.2. The largest absolute Gasteiger partial charge is 0.756 e. The molecule has 0 saturated carbocycles. The third-order valence-electron chi connectivity index (χ3n) is 12.8. The third-order valence-corrected chi connectivity index (χ3v) is 13.8. The molecule has 0 aliphatic heterocycles. The number of phosphoric acid groups is 1. The molecule has 0 amide bonds. The summed E-state index contributed by atoms with van der Waals surface area (Å²) in [6.07, 6.45) is 47.5. The number of nitrogens with zero attached hydrogens (tertiary/aromatic N) is 1. The molecule has 0 aromatic rings. The highest BCUT2D eigenvalue weighted by Gasteiger charge is 2.22. The summed E-state index contributed by atoms with van der Waals surface area (Å²) in [5.41, 5.74) is 0. The van der Waals surface area contributed by atoms with Crippen LogP contribution in [-0.2, 0) is 32.7 Å². The number of carbonyl (C=O) groups excluding carboxylic acids is 2. The molecule has 0 aliphatic carbocycles. The van der Waals surface area contributed by atoms with Crippen molar-refractivity contribution in [2.24, 2.45) is 5.92 Å². The minimum Gasteiger partial charge on any atom is -0.756 e. The molecule has 0 rings (SSSR count). The number of likely N-dealkylation sites (N-methyl/N-ethyl adjacent to an activating group) is 1. The van der Waals surface area contributed by atoms with E-state index in [1.165, 1.54) is 205 Å². The first kappa shape index (κ1) is 63.0. The topological polar surface area (TPSA) is 111 Å². The van der Waals surface area contributed by atoms with Crippen LogP contribution in [0.4, 0.5) is 0 Å². The van der Waals surface area contributed by atoms with Gasteiger partial charge in [0, 0.05) is 12.8 Å². The molecule has 0 spiro atoms. The van der Waals surface area contributed by atoms with Gasteiger partial charge in [0.1, 0.15) is 19.8 Å². The molecule has 3 atom stereocenters. The van der Waals surface area contributed by atoms with Crippen LogP contribution in [0.3, 0.4) is 0 Å². The fourth-order valence-corrected chi connectivity index (χ4v) is 9.22. The second-order valence-corrected chi connectivity index (χ2v) is 21.8. The predicted molar refractivity (Wildman–Crippen MR) is 268 cm³/mol. The molecular weight excluding hydrogens is 822 g/mol. The number of quaternary nitrogens is 1. The predicted octanol–water partition coefficient (Wildman–Crippen LogP) is 15.9. The maximum Gasteiger partial charge on any atom is 0.306 e. The Hall–Kier alpha value is -0.990. The lowest BCUT2D eigenvalue weighted by atomic mass is 9.90. The van der Waals surface area contributed by atoms with Crippen LogP contribution in [-0.4, -0.2) is 70.0 Å². The SMILES string of the molecule is CCCCCCCCCCCCCCCC(=O)O[C@H](COC(=O)CCC(CCCCCCCCCCCC)CCCCCCCCCCCCCC)COP(=O)([O-])OCC[N+](C)(C)C. The van der Waals surface area contributed by atoms with Crippen molar-refractivity contribution in [3.05, 3.63) is 0 Å². The zero-order valence-electron chi connectivity index (χ0n) is 43.4. The van der Waals surface area contributed by atoms with Crippen molar-refractivity contribution < 1.29 is 42.1 Å². The van der Waals surface area contributed by atoms with E-state index in [1.54, 1.807) is 0 Å². The minimum absolute atomic E-state index is 0.0255. The molecular formula is C54H108NO8P. The average molecular weight is 930 g/mol. The van der Waals surface area contributed by atoms with E-state index >= 15 is 0 Å². The number of hydrogen-bond acceptors (Lipinski definition) is 8. The van der Waals surface area contributed by atoms with Gasteiger partial charge in [0.25, 0.3) is 7.82 Å². The van der Waals surface area contributed by atoms with Gasteiger partial charge in [-0.25, -0.2) is 0 Å². The molecule has 0 radical (unpaired) electrons. The Morgan fingerprint density at radius 1 is 0.453 bits per heavy atom. The summed E-state index contributed by atoms with van der Waals surface area (Å²) in [7, 11) is 1.19. The number of esters is 2. The van der Waals surface area contributed by atoms with Crippen molar-refractivity contribution in [2.75, 3.05) is 47.5 Å². The summed E-state index contributed by atoms with van der Waals surface area (Å²) in [5, 5.41) is 0. The number of rotatable bonds is 51. The molecule has 0 aliphatic rings. The number of hydrogen-bond donors (Lipinski definition) is 0. The maximum absolute atomic E-state index is 13.2. The average Bonchev–Trinajstić information content (AvgIpc) is 3.25. The Kier molecular flexibility index (Phi) is 45.1. The first-order valence-electron chi connectivity index (χ1n) is 27.7. The van der Waals surface area contributed by atoms with E-state index in [4.69, 9.17) is 18.5 Å². The number of phosphoric ester groups is 1. The van der Waals surface area contributed by atoms with Crippen molar-refractivity contribution in [3.8, 4) is 0 Å². The highest BCUT2D eigenvalue weighted by atomic mass is 31.2. The van der Waals surface area contributed by atoms with E-state index in [0.717, 1.165) is 32.1 Å². The van der Waals surface area contributed by atoms with Crippen LogP contribution in [0.25, 0.3) is 0 Å². The fourth-order valence-electron chi connectivity index (χ4n) is 8.49. The minimum atomic E-state index is -4.65. The second kappa shape index (κ2) is 45.8. The van der Waals surface area contributed by atoms with Crippen molar-refractivity contribution in [1.29, 1.82) is 0 Å². The molecule has 0 saturated heterocycles. The Labute approximate surface area is 397 Å². The van der Waals surface area contributed by atoms with E-state index in [1.807, 2.05) is 21.1 Å². The van der Waals surface area contributed by atoms with E-state index < -0.39 is 26.5 Å². The van der Waals surface area contributed by atoms with Crippen LogP contribution in [0.2, 0.25) is 0 Å². The van der Waals surface area contributed by atoms with Gasteiger partial charge in [-0.3, -0.25) is 14.2 Å². The standard InChI is InChI=1S/C54H108NO8P/c1-7-10-13-16-19-22-25-27-29-32-35-38-41-44-54(57)63-52(50-62-64(58,59)61-48-47-55(4,5)6)49-60-53(56)46-45-51(42-39-36-33-30-24-21-18-15-12-9-3)43-40-37-34-31-28-26-23-20-17-14-11-8-2/h51-52H,7-50H2,1-6H3/t51?,52-/m1/s1. The van der Waals surface area contributed by atoms with Gasteiger partial charge < -0.3 is 27.9 Å². The summed E-state index contributed by atoms with van der Waals surface area (Å²) in [6.45, 7) is 6.55. The van der Waals surface area contributed by atoms with E-state index in [0.29, 0.717) is 29.8 Å². The van der Waals surface area contributed by atoms with Crippen molar-refractivity contribution in [3.63, 3.8) is 0 Å². The van der Waals surface area contributed by atoms with E-state index in [2.05, 4.69) is 20.8 Å². The van der Waals surface area contributed by atoms with Gasteiger partial charge in [0.15, 0.2) is 6.10 Å². The van der Waals surface area contributed by atoms with E-state index in [-0.39, 0.29) is 25.6 Å². The summed E-state index contributed by atoms with van der Waals surface area (Å²) in [6, 6.07) is 0. The van der Waals surface area contributed by atoms with Crippen LogP contribution < -0.4 is 4.89 Å². The Balaban J connectivity index is 4.98. The van der Waals surface area contributed by atoms with Gasteiger partial charge in [-0.1, -0.05) is 252 Å². The van der Waals surface area contributed by atoms with Gasteiger partial charge in [0.2, 0.25) is 0 Å². The first-order valence-corrected chi connectivity index (χ1v) is 29.1. The van der Waals surface area contributed by atoms with Crippen LogP contribution in [0.5, 0.6) is 0 Å².